The summed E-state index contributed by atoms with van der Waals surface area (Å²) in [5.41, 5.74) is 6.16. The first-order valence-corrected chi connectivity index (χ1v) is 11.0. The number of rotatable bonds is 6. The zero-order valence-corrected chi connectivity index (χ0v) is 19.2. The highest BCUT2D eigenvalue weighted by molar-refractivity contribution is 7.21. The van der Waals surface area contributed by atoms with Crippen LogP contribution in [0.15, 0.2) is 24.5 Å². The van der Waals surface area contributed by atoms with Gasteiger partial charge in [-0.05, 0) is 38.5 Å². The molecule has 0 aliphatic carbocycles. The Bertz CT molecular complexity index is 1420. The number of nitrogens with zero attached hydrogens (tertiary/aromatic N) is 5. The van der Waals surface area contributed by atoms with Crippen LogP contribution < -0.4 is 11.1 Å². The molecule has 0 aliphatic rings. The molecule has 9 nitrogen and oxygen atoms in total. The second-order valence-corrected chi connectivity index (χ2v) is 8.59. The zero-order valence-electron chi connectivity index (χ0n) is 18.4. The summed E-state index contributed by atoms with van der Waals surface area (Å²) in [6.45, 7) is 5.61. The van der Waals surface area contributed by atoms with Crippen molar-refractivity contribution in [3.8, 4) is 11.1 Å². The van der Waals surface area contributed by atoms with E-state index in [1.807, 2.05) is 6.92 Å². The summed E-state index contributed by atoms with van der Waals surface area (Å²) in [4.78, 5) is 28.5. The van der Waals surface area contributed by atoms with E-state index in [1.54, 1.807) is 37.0 Å². The first kappa shape index (κ1) is 23.4. The topological polar surface area (TPSA) is 121 Å². The SMILES string of the molecule is CCn1cc(-c2cc(C(F)(F)F)nc3sc(C(N)=O)c(NC(=O)Cn4ccc(C)n4)c23)c(C)n1. The number of nitrogens with one attached hydrogen (secondary N) is 1. The Morgan fingerprint density at radius 3 is 2.47 bits per heavy atom. The molecule has 0 bridgehead atoms. The van der Waals surface area contributed by atoms with Gasteiger partial charge in [0.2, 0.25) is 5.91 Å². The van der Waals surface area contributed by atoms with E-state index >= 15 is 0 Å². The third-order valence-corrected chi connectivity index (χ3v) is 6.18. The molecule has 2 amide bonds. The number of fused-ring (bicyclic) bond motifs is 1. The Kier molecular flexibility index (Phi) is 5.89. The van der Waals surface area contributed by atoms with Crippen LogP contribution in [0.25, 0.3) is 21.3 Å². The zero-order chi connectivity index (χ0) is 24.8. The molecule has 0 saturated heterocycles. The largest absolute Gasteiger partial charge is 0.433 e. The van der Waals surface area contributed by atoms with Gasteiger partial charge < -0.3 is 11.1 Å². The Morgan fingerprint density at radius 2 is 1.91 bits per heavy atom. The predicted molar refractivity (Wildman–Crippen MR) is 120 cm³/mol. The number of pyridine rings is 1. The van der Waals surface area contributed by atoms with Gasteiger partial charge in [-0.2, -0.15) is 23.4 Å². The van der Waals surface area contributed by atoms with Crippen LogP contribution in [0, 0.1) is 13.8 Å². The minimum absolute atomic E-state index is 0.0150. The van der Waals surface area contributed by atoms with Crippen LogP contribution in [0.3, 0.4) is 0 Å². The number of halogens is 3. The molecule has 3 N–H and O–H groups in total. The minimum atomic E-state index is -4.73. The Balaban J connectivity index is 1.93. The van der Waals surface area contributed by atoms with E-state index in [2.05, 4.69) is 20.5 Å². The summed E-state index contributed by atoms with van der Waals surface area (Å²) in [6, 6.07) is 2.62. The van der Waals surface area contributed by atoms with Gasteiger partial charge in [0, 0.05) is 29.9 Å². The maximum absolute atomic E-state index is 13.7. The number of carbonyl (C=O) groups is 2. The number of aromatic nitrogens is 5. The number of hydrogen-bond acceptors (Lipinski definition) is 6. The van der Waals surface area contributed by atoms with E-state index in [4.69, 9.17) is 5.73 Å². The monoisotopic (exact) mass is 491 g/mol. The van der Waals surface area contributed by atoms with Crippen molar-refractivity contribution in [1.29, 1.82) is 0 Å². The lowest BCUT2D eigenvalue weighted by atomic mass is 10.0. The smallest absolute Gasteiger partial charge is 0.365 e. The maximum atomic E-state index is 13.7. The van der Waals surface area contributed by atoms with Crippen molar-refractivity contribution in [2.75, 3.05) is 5.32 Å². The third kappa shape index (κ3) is 4.38. The van der Waals surface area contributed by atoms with Crippen LogP contribution >= 0.6 is 11.3 Å². The second-order valence-electron chi connectivity index (χ2n) is 7.59. The second kappa shape index (κ2) is 8.56. The van der Waals surface area contributed by atoms with Crippen molar-refractivity contribution in [3.63, 3.8) is 0 Å². The van der Waals surface area contributed by atoms with Crippen molar-refractivity contribution in [1.82, 2.24) is 24.5 Å². The van der Waals surface area contributed by atoms with Gasteiger partial charge in [-0.3, -0.25) is 19.0 Å². The molecule has 4 heterocycles. The fourth-order valence-electron chi connectivity index (χ4n) is 3.57. The molecule has 0 radical (unpaired) electrons. The standard InChI is InChI=1S/C21H20F3N7O2S/c1-4-30-8-13(11(3)29-30)12-7-14(21(22,23)24)26-20-16(12)17(18(34-20)19(25)33)27-15(32)9-31-6-5-10(2)28-31/h5-8H,4,9H2,1-3H3,(H2,25,33)(H,27,32). The van der Waals surface area contributed by atoms with Crippen molar-refractivity contribution in [2.24, 2.45) is 5.73 Å². The molecule has 0 spiro atoms. The van der Waals surface area contributed by atoms with Gasteiger partial charge in [0.25, 0.3) is 5.91 Å². The number of thiophene rings is 1. The average molecular weight is 491 g/mol. The first-order chi connectivity index (χ1) is 16.0. The molecule has 0 fully saturated rings. The summed E-state index contributed by atoms with van der Waals surface area (Å²) in [6.07, 6.45) is -1.50. The number of carbonyl (C=O) groups excluding carboxylic acids is 2. The van der Waals surface area contributed by atoms with Crippen LogP contribution in [0.2, 0.25) is 0 Å². The van der Waals surface area contributed by atoms with Gasteiger partial charge in [-0.1, -0.05) is 0 Å². The molecule has 0 aromatic carbocycles. The Morgan fingerprint density at radius 1 is 1.18 bits per heavy atom. The van der Waals surface area contributed by atoms with Crippen molar-refractivity contribution in [2.45, 2.75) is 40.0 Å². The molecule has 13 heteroatoms. The fourth-order valence-corrected chi connectivity index (χ4v) is 4.58. The van der Waals surface area contributed by atoms with E-state index in [9.17, 15) is 22.8 Å². The van der Waals surface area contributed by atoms with Crippen LogP contribution in [0.5, 0.6) is 0 Å². The van der Waals surface area contributed by atoms with Gasteiger partial charge in [0.1, 0.15) is 21.9 Å². The lowest BCUT2D eigenvalue weighted by Gasteiger charge is -2.12. The number of aryl methyl sites for hydroxylation is 3. The van der Waals surface area contributed by atoms with Crippen molar-refractivity contribution < 1.29 is 22.8 Å². The number of amides is 2. The van der Waals surface area contributed by atoms with Gasteiger partial charge in [-0.25, -0.2) is 4.98 Å². The molecular formula is C21H20F3N7O2S. The Hall–Kier alpha value is -3.74. The summed E-state index contributed by atoms with van der Waals surface area (Å²) >= 11 is 0.692. The molecule has 4 aromatic rings. The highest BCUT2D eigenvalue weighted by Gasteiger charge is 2.35. The maximum Gasteiger partial charge on any atom is 0.433 e. The highest BCUT2D eigenvalue weighted by atomic mass is 32.1. The van der Waals surface area contributed by atoms with E-state index in [-0.39, 0.29) is 32.9 Å². The number of hydrogen-bond donors (Lipinski definition) is 2. The lowest BCUT2D eigenvalue weighted by molar-refractivity contribution is -0.140. The molecule has 178 valence electrons. The highest BCUT2D eigenvalue weighted by Crippen LogP contribution is 2.44. The van der Waals surface area contributed by atoms with Gasteiger partial charge in [0.05, 0.1) is 17.1 Å². The summed E-state index contributed by atoms with van der Waals surface area (Å²) in [5.74, 6) is -1.43. The van der Waals surface area contributed by atoms with Crippen molar-refractivity contribution >= 4 is 39.1 Å². The van der Waals surface area contributed by atoms with Crippen LogP contribution in [0.4, 0.5) is 18.9 Å². The van der Waals surface area contributed by atoms with E-state index in [0.717, 1.165) is 6.07 Å². The molecular weight excluding hydrogens is 471 g/mol. The average Bonchev–Trinajstić information content (AvgIpc) is 3.43. The lowest BCUT2D eigenvalue weighted by Crippen LogP contribution is -2.21. The summed E-state index contributed by atoms with van der Waals surface area (Å²) in [7, 11) is 0. The first-order valence-electron chi connectivity index (χ1n) is 10.2. The molecule has 0 saturated carbocycles. The van der Waals surface area contributed by atoms with Crippen molar-refractivity contribution in [3.05, 3.63) is 46.5 Å². The van der Waals surface area contributed by atoms with E-state index in [1.165, 1.54) is 4.68 Å². The molecule has 34 heavy (non-hydrogen) atoms. The number of nitrogens with two attached hydrogens (primary N) is 1. The van der Waals surface area contributed by atoms with Gasteiger partial charge >= 0.3 is 6.18 Å². The Labute approximate surface area is 195 Å². The molecule has 4 rings (SSSR count). The normalized spacial score (nSPS) is 11.8. The number of alkyl halides is 3. The number of anilines is 1. The van der Waals surface area contributed by atoms with Gasteiger partial charge in [-0.15, -0.1) is 11.3 Å². The minimum Gasteiger partial charge on any atom is -0.365 e. The number of primary amides is 1. The van der Waals surface area contributed by atoms with Crippen LogP contribution in [0.1, 0.15) is 33.7 Å². The molecule has 0 atom stereocenters. The summed E-state index contributed by atoms with van der Waals surface area (Å²) < 4.78 is 44.0. The van der Waals surface area contributed by atoms with E-state index in [0.29, 0.717) is 34.8 Å². The van der Waals surface area contributed by atoms with Crippen LogP contribution in [-0.2, 0) is 24.1 Å². The molecule has 0 aliphatic heterocycles. The molecule has 0 unspecified atom stereocenters. The predicted octanol–water partition coefficient (Wildman–Crippen LogP) is 3.75. The van der Waals surface area contributed by atoms with Crippen LogP contribution in [-0.4, -0.2) is 36.4 Å². The fraction of sp³-hybridized carbons (Fsp3) is 0.286. The van der Waals surface area contributed by atoms with E-state index < -0.39 is 23.7 Å². The quantitative estimate of drug-likeness (QED) is 0.426. The van der Waals surface area contributed by atoms with Gasteiger partial charge in [0.15, 0.2) is 0 Å². The third-order valence-electron chi connectivity index (χ3n) is 5.08. The molecule has 4 aromatic heterocycles. The summed E-state index contributed by atoms with van der Waals surface area (Å²) in [5, 5.41) is 11.3.